The molecule has 21 heavy (non-hydrogen) atoms. The molecule has 1 aliphatic carbocycles. The number of hydrogen-bond acceptors (Lipinski definition) is 4. The summed E-state index contributed by atoms with van der Waals surface area (Å²) in [6, 6.07) is 0. The molecular weight excluding hydrogens is 286 g/mol. The van der Waals surface area contributed by atoms with Crippen molar-refractivity contribution in [3.8, 4) is 0 Å². The number of nitrogens with one attached hydrogen (secondary N) is 1. The van der Waals surface area contributed by atoms with Gasteiger partial charge in [-0.3, -0.25) is 0 Å². The van der Waals surface area contributed by atoms with Crippen LogP contribution in [0.3, 0.4) is 0 Å². The van der Waals surface area contributed by atoms with Crippen LogP contribution in [0.2, 0.25) is 0 Å². The van der Waals surface area contributed by atoms with Gasteiger partial charge in [0.05, 0.1) is 16.6 Å². The summed E-state index contributed by atoms with van der Waals surface area (Å²) >= 11 is 0. The van der Waals surface area contributed by atoms with Gasteiger partial charge in [-0.1, -0.05) is 6.92 Å². The van der Waals surface area contributed by atoms with Crippen LogP contribution in [0.1, 0.15) is 53.4 Å². The van der Waals surface area contributed by atoms with E-state index in [0.717, 1.165) is 32.5 Å². The van der Waals surface area contributed by atoms with Crippen molar-refractivity contribution < 1.29 is 13.2 Å². The van der Waals surface area contributed by atoms with Crippen LogP contribution in [0.15, 0.2) is 0 Å². The van der Waals surface area contributed by atoms with E-state index < -0.39 is 14.6 Å². The largest absolute Gasteiger partial charge is 0.377 e. The Hall–Kier alpha value is -0.130. The summed E-state index contributed by atoms with van der Waals surface area (Å²) < 4.78 is 30.3. The highest BCUT2D eigenvalue weighted by Crippen LogP contribution is 2.49. The maximum absolute atomic E-state index is 12.5. The van der Waals surface area contributed by atoms with Gasteiger partial charge in [0.15, 0.2) is 9.84 Å². The van der Waals surface area contributed by atoms with Crippen molar-refractivity contribution in [2.24, 2.45) is 11.3 Å². The van der Waals surface area contributed by atoms with Gasteiger partial charge in [-0.15, -0.1) is 0 Å². The molecule has 2 atom stereocenters. The van der Waals surface area contributed by atoms with E-state index in [1.807, 2.05) is 0 Å². The average molecular weight is 317 g/mol. The molecule has 2 aliphatic rings. The van der Waals surface area contributed by atoms with Gasteiger partial charge in [0, 0.05) is 18.6 Å². The van der Waals surface area contributed by atoms with Crippen molar-refractivity contribution in [2.75, 3.05) is 25.4 Å². The molecule has 0 aromatic heterocycles. The van der Waals surface area contributed by atoms with E-state index in [1.54, 1.807) is 20.8 Å². The predicted molar refractivity (Wildman–Crippen MR) is 86.2 cm³/mol. The Balaban J connectivity index is 2.10. The highest BCUT2D eigenvalue weighted by Gasteiger charge is 2.51. The lowest BCUT2D eigenvalue weighted by atomic mass is 9.76. The highest BCUT2D eigenvalue weighted by molar-refractivity contribution is 7.92. The third-order valence-corrected chi connectivity index (χ3v) is 7.69. The Morgan fingerprint density at radius 3 is 2.48 bits per heavy atom. The molecule has 5 heteroatoms. The van der Waals surface area contributed by atoms with Crippen LogP contribution in [0, 0.1) is 11.3 Å². The van der Waals surface area contributed by atoms with Crippen LogP contribution in [0.4, 0.5) is 0 Å². The SMILES string of the molecule is CCNCC1(CCS(=O)(=O)C(C)(C)C)CCOC1C1CC1. The monoisotopic (exact) mass is 317 g/mol. The van der Waals surface area contributed by atoms with Crippen LogP contribution in [0.5, 0.6) is 0 Å². The lowest BCUT2D eigenvalue weighted by Crippen LogP contribution is -2.44. The molecule has 124 valence electrons. The van der Waals surface area contributed by atoms with Crippen LogP contribution >= 0.6 is 0 Å². The number of ether oxygens (including phenoxy) is 1. The third-order valence-electron chi connectivity index (χ3n) is 5.08. The van der Waals surface area contributed by atoms with Crippen molar-refractivity contribution in [3.63, 3.8) is 0 Å². The molecule has 4 nitrogen and oxygen atoms in total. The van der Waals surface area contributed by atoms with Gasteiger partial charge >= 0.3 is 0 Å². The fourth-order valence-corrected chi connectivity index (χ4v) is 4.59. The van der Waals surface area contributed by atoms with Crippen LogP contribution in [-0.4, -0.2) is 44.7 Å². The summed E-state index contributed by atoms with van der Waals surface area (Å²) in [7, 11) is -3.06. The quantitative estimate of drug-likeness (QED) is 0.783. The van der Waals surface area contributed by atoms with Gasteiger partial charge in [0.2, 0.25) is 0 Å². The topological polar surface area (TPSA) is 55.4 Å². The van der Waals surface area contributed by atoms with Crippen LogP contribution in [0.25, 0.3) is 0 Å². The van der Waals surface area contributed by atoms with Crippen molar-refractivity contribution in [1.82, 2.24) is 5.32 Å². The molecule has 1 aliphatic heterocycles. The average Bonchev–Trinajstić information content (AvgIpc) is 3.14. The number of rotatable bonds is 7. The summed E-state index contributed by atoms with van der Waals surface area (Å²) in [5.41, 5.74) is 0.00942. The number of sulfone groups is 1. The van der Waals surface area contributed by atoms with Gasteiger partial charge < -0.3 is 10.1 Å². The Morgan fingerprint density at radius 2 is 1.95 bits per heavy atom. The fraction of sp³-hybridized carbons (Fsp3) is 1.00. The van der Waals surface area contributed by atoms with Crippen molar-refractivity contribution in [1.29, 1.82) is 0 Å². The van der Waals surface area contributed by atoms with Gasteiger partial charge in [0.25, 0.3) is 0 Å². The molecular formula is C16H31NO3S. The van der Waals surface area contributed by atoms with Crippen LogP contribution < -0.4 is 5.32 Å². The second-order valence-corrected chi connectivity index (χ2v) is 10.6. The maximum atomic E-state index is 12.5. The molecule has 0 bridgehead atoms. The van der Waals surface area contributed by atoms with E-state index in [-0.39, 0.29) is 17.3 Å². The Labute approximate surface area is 129 Å². The minimum absolute atomic E-state index is 0.00942. The molecule has 1 saturated carbocycles. The zero-order valence-electron chi connectivity index (χ0n) is 13.9. The Kier molecular flexibility index (Phi) is 5.06. The highest BCUT2D eigenvalue weighted by atomic mass is 32.2. The standard InChI is InChI=1S/C16H31NO3S/c1-5-17-12-16(8-10-20-14(16)13-6-7-13)9-11-21(18,19)15(2,3)4/h13-14,17H,5-12H2,1-4H3. The predicted octanol–water partition coefficient (Wildman–Crippen LogP) is 2.38. The van der Waals surface area contributed by atoms with E-state index >= 15 is 0 Å². The first kappa shape index (κ1) is 17.2. The van der Waals surface area contributed by atoms with Crippen LogP contribution in [-0.2, 0) is 14.6 Å². The van der Waals surface area contributed by atoms with E-state index in [1.165, 1.54) is 12.8 Å². The summed E-state index contributed by atoms with van der Waals surface area (Å²) in [4.78, 5) is 0. The molecule has 1 N–H and O–H groups in total. The molecule has 0 aromatic carbocycles. The summed E-state index contributed by atoms with van der Waals surface area (Å²) in [5, 5.41) is 3.44. The Morgan fingerprint density at radius 1 is 1.29 bits per heavy atom. The number of hydrogen-bond donors (Lipinski definition) is 1. The minimum atomic E-state index is -3.06. The first-order valence-electron chi connectivity index (χ1n) is 8.26. The fourth-order valence-electron chi connectivity index (χ4n) is 3.31. The first-order chi connectivity index (χ1) is 9.72. The molecule has 1 saturated heterocycles. The van der Waals surface area contributed by atoms with Gasteiger partial charge in [0.1, 0.15) is 0 Å². The molecule has 0 spiro atoms. The molecule has 0 amide bonds. The van der Waals surface area contributed by atoms with Gasteiger partial charge in [-0.25, -0.2) is 8.42 Å². The molecule has 2 fully saturated rings. The molecule has 2 unspecified atom stereocenters. The van der Waals surface area contributed by atoms with Gasteiger partial charge in [-0.05, 0) is 58.9 Å². The molecule has 1 heterocycles. The minimum Gasteiger partial charge on any atom is -0.377 e. The van der Waals surface area contributed by atoms with E-state index in [2.05, 4.69) is 12.2 Å². The van der Waals surface area contributed by atoms with Crippen molar-refractivity contribution >= 4 is 9.84 Å². The maximum Gasteiger partial charge on any atom is 0.155 e. The van der Waals surface area contributed by atoms with Crippen molar-refractivity contribution in [2.45, 2.75) is 64.2 Å². The second kappa shape index (κ2) is 6.17. The second-order valence-electron chi connectivity index (χ2n) is 7.70. The molecule has 0 aromatic rings. The van der Waals surface area contributed by atoms with E-state index in [4.69, 9.17) is 4.74 Å². The summed E-state index contributed by atoms with van der Waals surface area (Å²) in [5.74, 6) is 0.928. The normalized spacial score (nSPS) is 30.8. The van der Waals surface area contributed by atoms with E-state index in [0.29, 0.717) is 5.92 Å². The molecule has 2 rings (SSSR count). The summed E-state index contributed by atoms with van der Waals surface area (Å²) in [6.07, 6.45) is 4.45. The first-order valence-corrected chi connectivity index (χ1v) is 9.92. The van der Waals surface area contributed by atoms with Crippen molar-refractivity contribution in [3.05, 3.63) is 0 Å². The smallest absolute Gasteiger partial charge is 0.155 e. The lowest BCUT2D eigenvalue weighted by molar-refractivity contribution is 0.0293. The van der Waals surface area contributed by atoms with Gasteiger partial charge in [-0.2, -0.15) is 0 Å². The Bertz CT molecular complexity index is 451. The summed E-state index contributed by atoms with van der Waals surface area (Å²) in [6.45, 7) is 10.1. The zero-order valence-corrected chi connectivity index (χ0v) is 14.8. The lowest BCUT2D eigenvalue weighted by Gasteiger charge is -2.35. The molecule has 0 radical (unpaired) electrons. The zero-order chi connectivity index (χ0) is 15.7. The third kappa shape index (κ3) is 3.80. The van der Waals surface area contributed by atoms with E-state index in [9.17, 15) is 8.42 Å².